The first-order valence-corrected chi connectivity index (χ1v) is 10.6. The van der Waals surface area contributed by atoms with E-state index in [4.69, 9.17) is 0 Å². The summed E-state index contributed by atoms with van der Waals surface area (Å²) in [5.41, 5.74) is 3.17. The number of aromatic nitrogens is 2. The van der Waals surface area contributed by atoms with Crippen molar-refractivity contribution < 1.29 is 8.42 Å². The zero-order valence-electron chi connectivity index (χ0n) is 15.3. The molecule has 142 valence electrons. The molecule has 0 unspecified atom stereocenters. The van der Waals surface area contributed by atoms with Crippen molar-refractivity contribution >= 4 is 37.5 Å². The van der Waals surface area contributed by atoms with Gasteiger partial charge in [0.25, 0.3) is 10.0 Å². The van der Waals surface area contributed by atoms with Crippen LogP contribution in [0.25, 0.3) is 33.2 Å². The predicted octanol–water partition coefficient (Wildman–Crippen LogP) is 5.18. The second kappa shape index (κ2) is 6.76. The molecule has 5 nitrogen and oxygen atoms in total. The van der Waals surface area contributed by atoms with E-state index in [-0.39, 0.29) is 4.90 Å². The van der Waals surface area contributed by atoms with Crippen LogP contribution in [0, 0.1) is 0 Å². The van der Waals surface area contributed by atoms with Crippen molar-refractivity contribution in [3.63, 3.8) is 0 Å². The Morgan fingerprint density at radius 3 is 2.28 bits per heavy atom. The van der Waals surface area contributed by atoms with E-state index in [1.54, 1.807) is 30.3 Å². The normalized spacial score (nSPS) is 11.7. The minimum Gasteiger partial charge on any atom is -0.338 e. The molecule has 0 amide bonds. The van der Waals surface area contributed by atoms with Gasteiger partial charge in [0.05, 0.1) is 15.9 Å². The molecule has 6 heteroatoms. The van der Waals surface area contributed by atoms with Crippen LogP contribution in [0.4, 0.5) is 5.69 Å². The molecule has 5 aromatic rings. The number of hydrogen-bond donors (Lipinski definition) is 2. The van der Waals surface area contributed by atoms with Crippen LogP contribution in [0.1, 0.15) is 0 Å². The number of nitrogens with one attached hydrogen (secondary N) is 2. The molecule has 0 atom stereocenters. The molecule has 2 N–H and O–H groups in total. The minimum absolute atomic E-state index is 0.200. The van der Waals surface area contributed by atoms with Gasteiger partial charge in [-0.3, -0.25) is 4.72 Å². The van der Waals surface area contributed by atoms with Crippen molar-refractivity contribution in [3.05, 3.63) is 91.0 Å². The van der Waals surface area contributed by atoms with Crippen molar-refractivity contribution in [3.8, 4) is 11.4 Å². The maximum Gasteiger partial charge on any atom is 0.261 e. The van der Waals surface area contributed by atoms with E-state index in [2.05, 4.69) is 14.7 Å². The van der Waals surface area contributed by atoms with Gasteiger partial charge in [0, 0.05) is 11.3 Å². The molecule has 0 aliphatic carbocycles. The van der Waals surface area contributed by atoms with Crippen molar-refractivity contribution in [1.82, 2.24) is 9.97 Å². The molecular formula is C23H17N3O2S. The lowest BCUT2D eigenvalue weighted by Crippen LogP contribution is -2.12. The third kappa shape index (κ3) is 3.34. The number of imidazole rings is 1. The zero-order valence-corrected chi connectivity index (χ0v) is 16.1. The molecule has 1 aromatic heterocycles. The van der Waals surface area contributed by atoms with E-state index in [1.807, 2.05) is 60.7 Å². The quantitative estimate of drug-likeness (QED) is 0.437. The average molecular weight is 399 g/mol. The van der Waals surface area contributed by atoms with E-state index in [1.165, 1.54) is 0 Å². The fourth-order valence-corrected chi connectivity index (χ4v) is 4.40. The monoisotopic (exact) mass is 399 g/mol. The van der Waals surface area contributed by atoms with E-state index in [0.29, 0.717) is 11.5 Å². The highest BCUT2D eigenvalue weighted by atomic mass is 32.2. The molecule has 0 fully saturated rings. The van der Waals surface area contributed by atoms with Crippen LogP contribution in [0.15, 0.2) is 95.9 Å². The van der Waals surface area contributed by atoms with Gasteiger partial charge in [0.2, 0.25) is 0 Å². The van der Waals surface area contributed by atoms with Crippen molar-refractivity contribution in [2.24, 2.45) is 0 Å². The standard InChI is InChI=1S/C23H17N3O2S/c27-29(28,26-19-12-9-16-5-1-2-6-18(16)15-19)20-13-10-17(11-14-20)23-24-21-7-3-4-8-22(21)25-23/h1-15,26H,(H,24,25). The molecule has 5 rings (SSSR count). The molecule has 0 saturated carbocycles. The Morgan fingerprint density at radius 1 is 0.759 bits per heavy atom. The Hall–Kier alpha value is -3.64. The molecule has 1 heterocycles. The van der Waals surface area contributed by atoms with Gasteiger partial charge in [-0.15, -0.1) is 0 Å². The highest BCUT2D eigenvalue weighted by Gasteiger charge is 2.15. The Morgan fingerprint density at radius 2 is 1.48 bits per heavy atom. The first-order valence-electron chi connectivity index (χ1n) is 9.15. The Labute approximate surface area is 168 Å². The van der Waals surface area contributed by atoms with Crippen LogP contribution in [0.5, 0.6) is 0 Å². The number of benzene rings is 4. The number of nitrogens with zero attached hydrogens (tertiary/aromatic N) is 1. The molecular weight excluding hydrogens is 382 g/mol. The van der Waals surface area contributed by atoms with Gasteiger partial charge in [0.15, 0.2) is 0 Å². The van der Waals surface area contributed by atoms with E-state index in [9.17, 15) is 8.42 Å². The molecule has 4 aromatic carbocycles. The Bertz CT molecular complexity index is 1410. The van der Waals surface area contributed by atoms with Gasteiger partial charge >= 0.3 is 0 Å². The number of anilines is 1. The van der Waals surface area contributed by atoms with Crippen molar-refractivity contribution in [2.75, 3.05) is 4.72 Å². The topological polar surface area (TPSA) is 74.8 Å². The fourth-order valence-electron chi connectivity index (χ4n) is 3.35. The first-order chi connectivity index (χ1) is 14.1. The highest BCUT2D eigenvalue weighted by molar-refractivity contribution is 7.92. The van der Waals surface area contributed by atoms with Gasteiger partial charge in [-0.2, -0.15) is 0 Å². The largest absolute Gasteiger partial charge is 0.338 e. The van der Waals surface area contributed by atoms with Crippen LogP contribution in [-0.4, -0.2) is 18.4 Å². The summed E-state index contributed by atoms with van der Waals surface area (Å²) in [6.07, 6.45) is 0. The SMILES string of the molecule is O=S(=O)(Nc1ccc2ccccc2c1)c1ccc(-c2nc3ccccc3[nH]2)cc1. The maximum absolute atomic E-state index is 12.8. The second-order valence-corrected chi connectivity index (χ2v) is 8.48. The average Bonchev–Trinajstić information content (AvgIpc) is 3.18. The number of fused-ring (bicyclic) bond motifs is 2. The second-order valence-electron chi connectivity index (χ2n) is 6.79. The number of aromatic amines is 1. The highest BCUT2D eigenvalue weighted by Crippen LogP contribution is 2.24. The smallest absolute Gasteiger partial charge is 0.261 e. The number of hydrogen-bond acceptors (Lipinski definition) is 3. The Balaban J connectivity index is 1.43. The summed E-state index contributed by atoms with van der Waals surface area (Å²) in [5, 5.41) is 2.04. The lowest BCUT2D eigenvalue weighted by molar-refractivity contribution is 0.601. The Kier molecular flexibility index (Phi) is 4.07. The first kappa shape index (κ1) is 17.5. The summed E-state index contributed by atoms with van der Waals surface area (Å²) in [6, 6.07) is 27.8. The van der Waals surface area contributed by atoms with Gasteiger partial charge in [-0.05, 0) is 59.3 Å². The van der Waals surface area contributed by atoms with E-state index >= 15 is 0 Å². The lowest BCUT2D eigenvalue weighted by atomic mass is 10.1. The van der Waals surface area contributed by atoms with E-state index < -0.39 is 10.0 Å². The number of para-hydroxylation sites is 2. The third-order valence-corrected chi connectivity index (χ3v) is 6.23. The van der Waals surface area contributed by atoms with Crippen LogP contribution in [-0.2, 0) is 10.0 Å². The summed E-state index contributed by atoms with van der Waals surface area (Å²) < 4.78 is 28.2. The molecule has 0 bridgehead atoms. The summed E-state index contributed by atoms with van der Waals surface area (Å²) in [4.78, 5) is 8.00. The van der Waals surface area contributed by atoms with E-state index in [0.717, 1.165) is 27.4 Å². The molecule has 0 saturated heterocycles. The molecule has 29 heavy (non-hydrogen) atoms. The molecule has 0 spiro atoms. The zero-order chi connectivity index (χ0) is 19.8. The van der Waals surface area contributed by atoms with Crippen LogP contribution < -0.4 is 4.72 Å². The van der Waals surface area contributed by atoms with Gasteiger partial charge < -0.3 is 4.98 Å². The fraction of sp³-hybridized carbons (Fsp3) is 0. The van der Waals surface area contributed by atoms with Crippen molar-refractivity contribution in [1.29, 1.82) is 0 Å². The van der Waals surface area contributed by atoms with Crippen LogP contribution >= 0.6 is 0 Å². The molecule has 0 radical (unpaired) electrons. The van der Waals surface area contributed by atoms with Crippen LogP contribution in [0.2, 0.25) is 0 Å². The maximum atomic E-state index is 12.8. The van der Waals surface area contributed by atoms with Gasteiger partial charge in [-0.1, -0.05) is 42.5 Å². The van der Waals surface area contributed by atoms with Gasteiger partial charge in [-0.25, -0.2) is 13.4 Å². The van der Waals surface area contributed by atoms with Crippen molar-refractivity contribution in [2.45, 2.75) is 4.90 Å². The lowest BCUT2D eigenvalue weighted by Gasteiger charge is -2.09. The summed E-state index contributed by atoms with van der Waals surface area (Å²) in [7, 11) is -3.69. The number of rotatable bonds is 4. The number of H-pyrrole nitrogens is 1. The summed E-state index contributed by atoms with van der Waals surface area (Å²) in [6.45, 7) is 0. The minimum atomic E-state index is -3.69. The summed E-state index contributed by atoms with van der Waals surface area (Å²) in [5.74, 6) is 0.706. The molecule has 0 aliphatic heterocycles. The van der Waals surface area contributed by atoms with Crippen LogP contribution in [0.3, 0.4) is 0 Å². The predicted molar refractivity (Wildman–Crippen MR) is 116 cm³/mol. The number of sulfonamides is 1. The van der Waals surface area contributed by atoms with Gasteiger partial charge in [0.1, 0.15) is 5.82 Å². The summed E-state index contributed by atoms with van der Waals surface area (Å²) >= 11 is 0. The third-order valence-electron chi connectivity index (χ3n) is 4.83. The molecule has 0 aliphatic rings.